The molecule has 0 radical (unpaired) electrons. The highest BCUT2D eigenvalue weighted by atomic mass is 19.4. The SMILES string of the molecule is CC[C@H](Cc1ccc(O)cc1)NC(=O)c1cc(C(=O)O)c2cc(-c3cccc(C(F)(F)F)c3)ccc2n1. The number of halogens is 3. The van der Waals surface area contributed by atoms with Gasteiger partial charge in [-0.25, -0.2) is 9.78 Å². The highest BCUT2D eigenvalue weighted by molar-refractivity contribution is 6.06. The number of amides is 1. The zero-order valence-electron chi connectivity index (χ0n) is 19.7. The molecule has 37 heavy (non-hydrogen) atoms. The molecule has 190 valence electrons. The maximum absolute atomic E-state index is 13.1. The van der Waals surface area contributed by atoms with Crippen molar-refractivity contribution in [3.05, 3.63) is 95.2 Å². The van der Waals surface area contributed by atoms with Crippen LogP contribution < -0.4 is 5.32 Å². The molecule has 3 aromatic carbocycles. The molecule has 4 rings (SSSR count). The van der Waals surface area contributed by atoms with Crippen LogP contribution in [0.5, 0.6) is 5.75 Å². The van der Waals surface area contributed by atoms with E-state index in [4.69, 9.17) is 0 Å². The van der Waals surface area contributed by atoms with Crippen molar-refractivity contribution in [3.63, 3.8) is 0 Å². The molecule has 4 aromatic rings. The summed E-state index contributed by atoms with van der Waals surface area (Å²) in [5.74, 6) is -1.70. The van der Waals surface area contributed by atoms with Crippen molar-refractivity contribution in [1.82, 2.24) is 10.3 Å². The Morgan fingerprint density at radius 1 is 0.973 bits per heavy atom. The number of carbonyl (C=O) groups excluding carboxylic acids is 1. The monoisotopic (exact) mass is 508 g/mol. The summed E-state index contributed by atoms with van der Waals surface area (Å²) >= 11 is 0. The van der Waals surface area contributed by atoms with E-state index in [-0.39, 0.29) is 39.5 Å². The predicted molar refractivity (Wildman–Crippen MR) is 132 cm³/mol. The molecule has 0 aliphatic heterocycles. The van der Waals surface area contributed by atoms with E-state index in [9.17, 15) is 33.0 Å². The van der Waals surface area contributed by atoms with Crippen LogP contribution in [0.2, 0.25) is 0 Å². The van der Waals surface area contributed by atoms with E-state index >= 15 is 0 Å². The van der Waals surface area contributed by atoms with E-state index in [2.05, 4.69) is 10.3 Å². The van der Waals surface area contributed by atoms with Gasteiger partial charge in [0.1, 0.15) is 11.4 Å². The molecule has 0 saturated heterocycles. The Morgan fingerprint density at radius 2 is 1.68 bits per heavy atom. The zero-order chi connectivity index (χ0) is 26.7. The lowest BCUT2D eigenvalue weighted by Crippen LogP contribution is -2.36. The molecule has 0 saturated carbocycles. The normalized spacial score (nSPS) is 12.3. The fraction of sp³-hybridized carbons (Fsp3) is 0.179. The molecular formula is C28H23F3N2O4. The molecule has 0 fully saturated rings. The Labute approximate surface area is 210 Å². The van der Waals surface area contributed by atoms with E-state index in [1.807, 2.05) is 6.92 Å². The van der Waals surface area contributed by atoms with Gasteiger partial charge in [0.15, 0.2) is 0 Å². The van der Waals surface area contributed by atoms with Crippen LogP contribution in [0.25, 0.3) is 22.0 Å². The molecule has 9 heteroatoms. The molecule has 1 amide bonds. The van der Waals surface area contributed by atoms with Crippen LogP contribution in [0, 0.1) is 0 Å². The first-order chi connectivity index (χ1) is 17.5. The van der Waals surface area contributed by atoms with Crippen molar-refractivity contribution in [2.45, 2.75) is 32.0 Å². The fourth-order valence-corrected chi connectivity index (χ4v) is 4.05. The third kappa shape index (κ3) is 5.88. The quantitative estimate of drug-likeness (QED) is 0.281. The minimum Gasteiger partial charge on any atom is -0.508 e. The Morgan fingerprint density at radius 3 is 2.32 bits per heavy atom. The van der Waals surface area contributed by atoms with Crippen LogP contribution >= 0.6 is 0 Å². The number of alkyl halides is 3. The average Bonchev–Trinajstić information content (AvgIpc) is 2.88. The molecule has 0 aliphatic carbocycles. The summed E-state index contributed by atoms with van der Waals surface area (Å²) in [4.78, 5) is 29.4. The van der Waals surface area contributed by atoms with Gasteiger partial charge >= 0.3 is 12.1 Å². The van der Waals surface area contributed by atoms with Gasteiger partial charge in [0.25, 0.3) is 5.91 Å². The molecule has 3 N–H and O–H groups in total. The van der Waals surface area contributed by atoms with Crippen molar-refractivity contribution >= 4 is 22.8 Å². The number of aromatic hydroxyl groups is 1. The number of hydrogen-bond donors (Lipinski definition) is 3. The first kappa shape index (κ1) is 25.7. The fourth-order valence-electron chi connectivity index (χ4n) is 4.05. The summed E-state index contributed by atoms with van der Waals surface area (Å²) in [7, 11) is 0. The van der Waals surface area contributed by atoms with E-state index in [1.165, 1.54) is 36.4 Å². The Kier molecular flexibility index (Phi) is 7.15. The van der Waals surface area contributed by atoms with Crippen molar-refractivity contribution in [2.24, 2.45) is 0 Å². The third-order valence-corrected chi connectivity index (χ3v) is 6.04. The summed E-state index contributed by atoms with van der Waals surface area (Å²) in [5.41, 5.74) is 0.718. The lowest BCUT2D eigenvalue weighted by atomic mass is 9.98. The van der Waals surface area contributed by atoms with Crippen LogP contribution in [0.4, 0.5) is 13.2 Å². The number of hydrogen-bond acceptors (Lipinski definition) is 4. The standard InChI is InChI=1S/C28H23F3N2O4/c1-2-20(12-16-6-9-21(34)10-7-16)32-26(35)25-15-23(27(36)37)22-14-18(8-11-24(22)33-25)17-4-3-5-19(13-17)28(29,30)31/h3-11,13-15,20,34H,2,12H2,1H3,(H,32,35)(H,36,37)/t20-/m1/s1. The zero-order valence-corrected chi connectivity index (χ0v) is 19.7. The van der Waals surface area contributed by atoms with E-state index in [0.29, 0.717) is 18.4 Å². The number of aromatic carboxylic acids is 1. The molecular weight excluding hydrogens is 485 g/mol. The Hall–Kier alpha value is -4.40. The van der Waals surface area contributed by atoms with Crippen molar-refractivity contribution in [1.29, 1.82) is 0 Å². The number of rotatable bonds is 7. The molecule has 0 unspecified atom stereocenters. The number of nitrogens with one attached hydrogen (secondary N) is 1. The second kappa shape index (κ2) is 10.3. The molecule has 0 spiro atoms. The number of phenols is 1. The van der Waals surface area contributed by atoms with Gasteiger partial charge in [-0.3, -0.25) is 4.79 Å². The van der Waals surface area contributed by atoms with Crippen molar-refractivity contribution < 1.29 is 33.0 Å². The summed E-state index contributed by atoms with van der Waals surface area (Å²) in [6.07, 6.45) is -3.41. The Bertz CT molecular complexity index is 1470. The summed E-state index contributed by atoms with van der Waals surface area (Å²) < 4.78 is 39.4. The smallest absolute Gasteiger partial charge is 0.416 e. The number of benzene rings is 3. The first-order valence-electron chi connectivity index (χ1n) is 11.5. The van der Waals surface area contributed by atoms with E-state index in [0.717, 1.165) is 17.7 Å². The number of fused-ring (bicyclic) bond motifs is 1. The largest absolute Gasteiger partial charge is 0.508 e. The molecule has 1 atom stereocenters. The van der Waals surface area contributed by atoms with Gasteiger partial charge in [0.2, 0.25) is 0 Å². The van der Waals surface area contributed by atoms with Crippen LogP contribution in [0.1, 0.15) is 45.3 Å². The number of nitrogens with zero attached hydrogens (tertiary/aromatic N) is 1. The van der Waals surface area contributed by atoms with Crippen LogP contribution in [0.3, 0.4) is 0 Å². The summed E-state index contributed by atoms with van der Waals surface area (Å²) in [6.45, 7) is 1.90. The highest BCUT2D eigenvalue weighted by Gasteiger charge is 2.30. The van der Waals surface area contributed by atoms with E-state index < -0.39 is 23.6 Å². The second-order valence-electron chi connectivity index (χ2n) is 8.62. The van der Waals surface area contributed by atoms with Gasteiger partial charge in [0.05, 0.1) is 16.6 Å². The number of pyridine rings is 1. The van der Waals surface area contributed by atoms with Crippen LogP contribution in [-0.2, 0) is 12.6 Å². The van der Waals surface area contributed by atoms with Gasteiger partial charge in [-0.2, -0.15) is 13.2 Å². The van der Waals surface area contributed by atoms with Crippen molar-refractivity contribution in [2.75, 3.05) is 0 Å². The predicted octanol–water partition coefficient (Wildman–Crippen LogP) is 6.08. The second-order valence-corrected chi connectivity index (χ2v) is 8.62. The average molecular weight is 508 g/mol. The van der Waals surface area contributed by atoms with Gasteiger partial charge in [-0.15, -0.1) is 0 Å². The molecule has 6 nitrogen and oxygen atoms in total. The lowest BCUT2D eigenvalue weighted by molar-refractivity contribution is -0.137. The Balaban J connectivity index is 1.65. The van der Waals surface area contributed by atoms with Crippen LogP contribution in [-0.4, -0.2) is 33.1 Å². The van der Waals surface area contributed by atoms with Gasteiger partial charge < -0.3 is 15.5 Å². The van der Waals surface area contributed by atoms with Crippen LogP contribution in [0.15, 0.2) is 72.8 Å². The maximum Gasteiger partial charge on any atom is 0.416 e. The van der Waals surface area contributed by atoms with Gasteiger partial charge in [0, 0.05) is 11.4 Å². The molecule has 0 aliphatic rings. The van der Waals surface area contributed by atoms with Gasteiger partial charge in [-0.05, 0) is 72.0 Å². The van der Waals surface area contributed by atoms with E-state index in [1.54, 1.807) is 24.3 Å². The third-order valence-electron chi connectivity index (χ3n) is 6.04. The van der Waals surface area contributed by atoms with Gasteiger partial charge in [-0.1, -0.05) is 37.3 Å². The first-order valence-corrected chi connectivity index (χ1v) is 11.5. The highest BCUT2D eigenvalue weighted by Crippen LogP contribution is 2.33. The molecule has 0 bridgehead atoms. The topological polar surface area (TPSA) is 99.5 Å². The van der Waals surface area contributed by atoms with Crippen molar-refractivity contribution in [3.8, 4) is 16.9 Å². The minimum absolute atomic E-state index is 0.0825. The summed E-state index contributed by atoms with van der Waals surface area (Å²) in [5, 5.41) is 22.3. The molecule has 1 heterocycles. The lowest BCUT2D eigenvalue weighted by Gasteiger charge is -2.17. The molecule has 1 aromatic heterocycles. The maximum atomic E-state index is 13.1. The minimum atomic E-state index is -4.51. The number of carbonyl (C=O) groups is 2. The number of aromatic nitrogens is 1. The summed E-state index contributed by atoms with van der Waals surface area (Å²) in [6, 6.07) is 16.8. The number of phenolic OH excluding ortho intramolecular Hbond substituents is 1. The number of carboxylic acid groups (broad SMARTS) is 1. The number of carboxylic acids is 1.